The predicted octanol–water partition coefficient (Wildman–Crippen LogP) is 3.29. The molecule has 2 heteroatoms. The predicted molar refractivity (Wildman–Crippen MR) is 69.2 cm³/mol. The van der Waals surface area contributed by atoms with Crippen molar-refractivity contribution in [3.05, 3.63) is 29.8 Å². The molecule has 1 fully saturated rings. The quantitative estimate of drug-likeness (QED) is 0.862. The first-order valence-electron chi connectivity index (χ1n) is 6.52. The maximum atomic E-state index is 6.03. The van der Waals surface area contributed by atoms with Crippen molar-refractivity contribution < 1.29 is 4.74 Å². The van der Waals surface area contributed by atoms with Gasteiger partial charge in [0.1, 0.15) is 11.4 Å². The van der Waals surface area contributed by atoms with Crippen LogP contribution in [0.25, 0.3) is 0 Å². The molecule has 1 aliphatic heterocycles. The van der Waals surface area contributed by atoms with Crippen LogP contribution < -0.4 is 10.1 Å². The van der Waals surface area contributed by atoms with Crippen LogP contribution in [0.4, 0.5) is 0 Å². The van der Waals surface area contributed by atoms with Gasteiger partial charge in [-0.05, 0) is 38.2 Å². The summed E-state index contributed by atoms with van der Waals surface area (Å²) >= 11 is 0. The van der Waals surface area contributed by atoms with Crippen molar-refractivity contribution in [3.63, 3.8) is 0 Å². The van der Waals surface area contributed by atoms with Crippen LogP contribution in [-0.4, -0.2) is 12.1 Å². The van der Waals surface area contributed by atoms with Gasteiger partial charge in [0.2, 0.25) is 0 Å². The van der Waals surface area contributed by atoms with Crippen molar-refractivity contribution in [2.75, 3.05) is 6.54 Å². The van der Waals surface area contributed by atoms with Crippen molar-refractivity contribution in [1.29, 1.82) is 0 Å². The second kappa shape index (κ2) is 3.49. The average molecular weight is 231 g/mol. The first-order chi connectivity index (χ1) is 8.00. The van der Waals surface area contributed by atoms with Gasteiger partial charge in [-0.3, -0.25) is 0 Å². The molecule has 1 N–H and O–H groups in total. The van der Waals surface area contributed by atoms with Gasteiger partial charge in [-0.25, -0.2) is 0 Å². The molecule has 0 bridgehead atoms. The van der Waals surface area contributed by atoms with E-state index in [2.05, 4.69) is 44.3 Å². The second-order valence-electron chi connectivity index (χ2n) is 6.37. The third-order valence-corrected chi connectivity index (χ3v) is 4.13. The zero-order valence-electron chi connectivity index (χ0n) is 10.9. The van der Waals surface area contributed by atoms with Gasteiger partial charge >= 0.3 is 0 Å². The highest BCUT2D eigenvalue weighted by Crippen LogP contribution is 2.47. The monoisotopic (exact) mass is 231 g/mol. The van der Waals surface area contributed by atoms with Crippen molar-refractivity contribution >= 4 is 0 Å². The first kappa shape index (κ1) is 11.1. The molecule has 0 amide bonds. The summed E-state index contributed by atoms with van der Waals surface area (Å²) in [6, 6.07) is 8.70. The Balaban J connectivity index is 1.81. The van der Waals surface area contributed by atoms with E-state index >= 15 is 0 Å². The lowest BCUT2D eigenvalue weighted by Crippen LogP contribution is -2.40. The molecule has 1 saturated carbocycles. The number of fused-ring (bicyclic) bond motifs is 1. The van der Waals surface area contributed by atoms with E-state index in [1.54, 1.807) is 0 Å². The Morgan fingerprint density at radius 2 is 1.94 bits per heavy atom. The largest absolute Gasteiger partial charge is 0.486 e. The molecule has 1 aromatic carbocycles. The van der Waals surface area contributed by atoms with Crippen LogP contribution in [0.5, 0.6) is 5.75 Å². The van der Waals surface area contributed by atoms with Gasteiger partial charge in [-0.2, -0.15) is 0 Å². The lowest BCUT2D eigenvalue weighted by atomic mass is 9.94. The molecule has 2 aliphatic rings. The Bertz CT molecular complexity index is 434. The van der Waals surface area contributed by atoms with Gasteiger partial charge in [0.15, 0.2) is 0 Å². The normalized spacial score (nSPS) is 27.4. The molecule has 0 aromatic heterocycles. The Hall–Kier alpha value is -1.02. The lowest BCUT2D eigenvalue weighted by molar-refractivity contribution is 0.0943. The second-order valence-corrected chi connectivity index (χ2v) is 6.37. The summed E-state index contributed by atoms with van der Waals surface area (Å²) in [5.74, 6) is 1.04. The van der Waals surface area contributed by atoms with Gasteiger partial charge in [-0.15, -0.1) is 0 Å². The van der Waals surface area contributed by atoms with Crippen molar-refractivity contribution in [1.82, 2.24) is 5.32 Å². The summed E-state index contributed by atoms with van der Waals surface area (Å²) in [7, 11) is 0. The van der Waals surface area contributed by atoms with Crippen LogP contribution in [0.2, 0.25) is 0 Å². The third kappa shape index (κ3) is 1.95. The number of ether oxygens (including phenoxy) is 1. The summed E-state index contributed by atoms with van der Waals surface area (Å²) in [5, 5.41) is 3.71. The van der Waals surface area contributed by atoms with E-state index in [1.165, 1.54) is 18.4 Å². The molecule has 17 heavy (non-hydrogen) atoms. The van der Waals surface area contributed by atoms with E-state index in [4.69, 9.17) is 4.74 Å². The summed E-state index contributed by atoms with van der Waals surface area (Å²) in [6.07, 6.45) is 2.71. The first-order valence-corrected chi connectivity index (χ1v) is 6.52. The molecule has 2 nitrogen and oxygen atoms in total. The Kier molecular flexibility index (Phi) is 2.27. The minimum absolute atomic E-state index is 0.144. The summed E-state index contributed by atoms with van der Waals surface area (Å²) in [6.45, 7) is 7.79. The van der Waals surface area contributed by atoms with Crippen molar-refractivity contribution in [3.8, 4) is 5.75 Å². The minimum Gasteiger partial charge on any atom is -0.486 e. The standard InChI is InChI=1S/C15H21NO/c1-14(2)13(16-10-15(3)8-9-15)11-6-4-5-7-12(11)17-14/h4-7,13,16H,8-10H2,1-3H3. The zero-order valence-corrected chi connectivity index (χ0v) is 10.9. The highest BCUT2D eigenvalue weighted by atomic mass is 16.5. The molecule has 92 valence electrons. The summed E-state index contributed by atoms with van der Waals surface area (Å²) in [5.41, 5.74) is 1.70. The summed E-state index contributed by atoms with van der Waals surface area (Å²) in [4.78, 5) is 0. The Labute approximate surface area is 103 Å². The zero-order chi connectivity index (χ0) is 12.1. The van der Waals surface area contributed by atoms with Crippen LogP contribution in [-0.2, 0) is 0 Å². The van der Waals surface area contributed by atoms with Crippen LogP contribution in [0, 0.1) is 5.41 Å². The SMILES string of the molecule is CC1(CNC2c3ccccc3OC2(C)C)CC1. The minimum atomic E-state index is -0.144. The van der Waals surface area contributed by atoms with E-state index in [-0.39, 0.29) is 5.60 Å². The number of rotatable bonds is 3. The van der Waals surface area contributed by atoms with Gasteiger partial charge in [0.25, 0.3) is 0 Å². The molecule has 1 aliphatic carbocycles. The molecular formula is C15H21NO. The highest BCUT2D eigenvalue weighted by molar-refractivity contribution is 5.42. The van der Waals surface area contributed by atoms with Gasteiger partial charge in [0, 0.05) is 12.1 Å². The van der Waals surface area contributed by atoms with Gasteiger partial charge in [0.05, 0.1) is 6.04 Å². The number of nitrogens with one attached hydrogen (secondary N) is 1. The van der Waals surface area contributed by atoms with Crippen LogP contribution in [0.1, 0.15) is 45.2 Å². The highest BCUT2D eigenvalue weighted by Gasteiger charge is 2.43. The molecular weight excluding hydrogens is 210 g/mol. The molecule has 1 heterocycles. The topological polar surface area (TPSA) is 21.3 Å². The van der Waals surface area contributed by atoms with Crippen LogP contribution in [0.3, 0.4) is 0 Å². The van der Waals surface area contributed by atoms with E-state index in [9.17, 15) is 0 Å². The van der Waals surface area contributed by atoms with Gasteiger partial charge in [-0.1, -0.05) is 25.1 Å². The lowest BCUT2D eigenvalue weighted by Gasteiger charge is -2.28. The van der Waals surface area contributed by atoms with E-state index in [0.717, 1.165) is 12.3 Å². The van der Waals surface area contributed by atoms with E-state index in [1.807, 2.05) is 6.07 Å². The number of hydrogen-bond acceptors (Lipinski definition) is 2. The van der Waals surface area contributed by atoms with Crippen molar-refractivity contribution in [2.24, 2.45) is 5.41 Å². The number of hydrogen-bond donors (Lipinski definition) is 1. The Morgan fingerprint density at radius 3 is 2.65 bits per heavy atom. The number of benzene rings is 1. The molecule has 1 atom stereocenters. The fraction of sp³-hybridized carbons (Fsp3) is 0.600. The third-order valence-electron chi connectivity index (χ3n) is 4.13. The van der Waals surface area contributed by atoms with E-state index < -0.39 is 0 Å². The van der Waals surface area contributed by atoms with Crippen LogP contribution >= 0.6 is 0 Å². The summed E-state index contributed by atoms with van der Waals surface area (Å²) < 4.78 is 6.03. The molecule has 0 spiro atoms. The van der Waals surface area contributed by atoms with E-state index in [0.29, 0.717) is 11.5 Å². The molecule has 1 unspecified atom stereocenters. The van der Waals surface area contributed by atoms with Crippen molar-refractivity contribution in [2.45, 2.75) is 45.3 Å². The molecule has 1 aromatic rings. The van der Waals surface area contributed by atoms with Gasteiger partial charge < -0.3 is 10.1 Å². The van der Waals surface area contributed by atoms with Crippen LogP contribution in [0.15, 0.2) is 24.3 Å². The molecule has 0 saturated heterocycles. The smallest absolute Gasteiger partial charge is 0.125 e. The number of para-hydroxylation sites is 1. The maximum absolute atomic E-state index is 6.03. The fourth-order valence-corrected chi connectivity index (χ4v) is 2.62. The molecule has 3 rings (SSSR count). The fourth-order valence-electron chi connectivity index (χ4n) is 2.62. The maximum Gasteiger partial charge on any atom is 0.125 e. The average Bonchev–Trinajstić information content (AvgIpc) is 2.91. The molecule has 0 radical (unpaired) electrons. The Morgan fingerprint density at radius 1 is 1.24 bits per heavy atom.